The third-order valence-corrected chi connectivity index (χ3v) is 3.79. The highest BCUT2D eigenvalue weighted by Crippen LogP contribution is 2.35. The maximum atomic E-state index is 12.2. The topological polar surface area (TPSA) is 47.3 Å². The van der Waals surface area contributed by atoms with Crippen molar-refractivity contribution in [3.63, 3.8) is 0 Å². The summed E-state index contributed by atoms with van der Waals surface area (Å²) in [6.07, 6.45) is 2.67. The second-order valence-corrected chi connectivity index (χ2v) is 5.49. The van der Waals surface area contributed by atoms with Crippen LogP contribution in [0.5, 0.6) is 0 Å². The second-order valence-electron chi connectivity index (χ2n) is 5.49. The van der Waals surface area contributed by atoms with E-state index in [4.69, 9.17) is 5.26 Å². The van der Waals surface area contributed by atoms with Crippen LogP contribution in [0.4, 0.5) is 0 Å². The van der Waals surface area contributed by atoms with Gasteiger partial charge in [-0.05, 0) is 26.7 Å². The lowest BCUT2D eigenvalue weighted by Gasteiger charge is -2.48. The molecular weight excluding hydrogens is 202 g/mol. The van der Waals surface area contributed by atoms with E-state index in [2.05, 4.69) is 24.8 Å². The van der Waals surface area contributed by atoms with Gasteiger partial charge in [0.25, 0.3) is 0 Å². The van der Waals surface area contributed by atoms with Crippen LogP contribution in [0, 0.1) is 11.3 Å². The molecule has 88 valence electrons. The third kappa shape index (κ3) is 1.80. The van der Waals surface area contributed by atoms with Gasteiger partial charge in [0.15, 0.2) is 0 Å². The van der Waals surface area contributed by atoms with Crippen molar-refractivity contribution in [3.8, 4) is 6.07 Å². The number of rotatable bonds is 2. The molecule has 0 N–H and O–H groups in total. The molecule has 4 nitrogen and oxygen atoms in total. The molecule has 1 saturated carbocycles. The van der Waals surface area contributed by atoms with Gasteiger partial charge in [0.05, 0.1) is 12.5 Å². The minimum Gasteiger partial charge on any atom is -0.338 e. The summed E-state index contributed by atoms with van der Waals surface area (Å²) < 4.78 is 0. The number of hydrogen-bond acceptors (Lipinski definition) is 3. The Hall–Kier alpha value is -1.08. The van der Waals surface area contributed by atoms with E-state index in [0.717, 1.165) is 6.54 Å². The van der Waals surface area contributed by atoms with E-state index in [1.54, 1.807) is 4.90 Å². The molecule has 16 heavy (non-hydrogen) atoms. The molecule has 1 amide bonds. The first kappa shape index (κ1) is 11.4. The zero-order valence-electron chi connectivity index (χ0n) is 10.2. The minimum absolute atomic E-state index is 0.102. The van der Waals surface area contributed by atoms with Crippen LogP contribution in [0.2, 0.25) is 0 Å². The van der Waals surface area contributed by atoms with Gasteiger partial charge in [0.2, 0.25) is 5.91 Å². The van der Waals surface area contributed by atoms with Crippen LogP contribution >= 0.6 is 0 Å². The van der Waals surface area contributed by atoms with E-state index in [-0.39, 0.29) is 17.5 Å². The van der Waals surface area contributed by atoms with Crippen LogP contribution in [0.15, 0.2) is 0 Å². The van der Waals surface area contributed by atoms with Crippen LogP contribution in [-0.2, 0) is 4.79 Å². The molecule has 0 spiro atoms. The largest absolute Gasteiger partial charge is 0.338 e. The van der Waals surface area contributed by atoms with Crippen molar-refractivity contribution in [1.82, 2.24) is 9.80 Å². The van der Waals surface area contributed by atoms with Gasteiger partial charge in [-0.3, -0.25) is 9.69 Å². The lowest BCUT2D eigenvalue weighted by Crippen LogP contribution is -2.65. The Morgan fingerprint density at radius 1 is 1.50 bits per heavy atom. The highest BCUT2D eigenvalue weighted by Gasteiger charge is 2.47. The Bertz CT molecular complexity index is 341. The number of likely N-dealkylation sites (N-methyl/N-ethyl adjacent to an activating group) is 1. The summed E-state index contributed by atoms with van der Waals surface area (Å²) in [5.74, 6) is 0.102. The first-order valence-electron chi connectivity index (χ1n) is 5.88. The lowest BCUT2D eigenvalue weighted by atomic mass is 9.94. The highest BCUT2D eigenvalue weighted by atomic mass is 16.2. The van der Waals surface area contributed by atoms with Crippen molar-refractivity contribution in [3.05, 3.63) is 0 Å². The van der Waals surface area contributed by atoms with Crippen molar-refractivity contribution in [2.24, 2.45) is 0 Å². The van der Waals surface area contributed by atoms with E-state index >= 15 is 0 Å². The molecule has 1 heterocycles. The molecule has 1 saturated heterocycles. The number of carbonyl (C=O) groups is 1. The molecule has 4 heteroatoms. The fourth-order valence-corrected chi connectivity index (χ4v) is 2.41. The van der Waals surface area contributed by atoms with E-state index < -0.39 is 0 Å². The van der Waals surface area contributed by atoms with Gasteiger partial charge in [-0.1, -0.05) is 0 Å². The van der Waals surface area contributed by atoms with Gasteiger partial charge >= 0.3 is 0 Å². The smallest absolute Gasteiger partial charge is 0.241 e. The van der Waals surface area contributed by atoms with Crippen LogP contribution in [-0.4, -0.2) is 46.9 Å². The molecule has 0 aromatic carbocycles. The molecule has 0 aromatic rings. The fourth-order valence-electron chi connectivity index (χ4n) is 2.41. The summed E-state index contributed by atoms with van der Waals surface area (Å²) in [6.45, 7) is 5.05. The first-order valence-corrected chi connectivity index (χ1v) is 5.88. The summed E-state index contributed by atoms with van der Waals surface area (Å²) in [6, 6.07) is 2.46. The molecule has 0 aromatic heterocycles. The van der Waals surface area contributed by atoms with E-state index in [9.17, 15) is 4.79 Å². The number of nitriles is 1. The second kappa shape index (κ2) is 3.74. The van der Waals surface area contributed by atoms with Crippen LogP contribution in [0.1, 0.15) is 33.1 Å². The third-order valence-electron chi connectivity index (χ3n) is 3.79. The predicted molar refractivity (Wildman–Crippen MR) is 60.6 cm³/mol. The van der Waals surface area contributed by atoms with Gasteiger partial charge in [-0.2, -0.15) is 5.26 Å². The maximum absolute atomic E-state index is 12.2. The Kier molecular flexibility index (Phi) is 2.67. The molecule has 2 rings (SSSR count). The summed E-state index contributed by atoms with van der Waals surface area (Å²) in [7, 11) is 1.84. The van der Waals surface area contributed by atoms with Crippen molar-refractivity contribution in [2.75, 3.05) is 13.6 Å². The molecule has 1 aliphatic carbocycles. The zero-order chi connectivity index (χ0) is 11.9. The Morgan fingerprint density at radius 2 is 2.12 bits per heavy atom. The SMILES string of the molecule is CN1C(=O)C(CC#N)N(C2CC2)CC1(C)C. The number of carbonyl (C=O) groups excluding carboxylic acids is 1. The molecule has 1 unspecified atom stereocenters. The standard InChI is InChI=1S/C12H19N3O/c1-12(2)8-15(9-4-5-9)10(6-7-13)11(16)14(12)3/h9-10H,4-6,8H2,1-3H3. The summed E-state index contributed by atoms with van der Waals surface area (Å²) >= 11 is 0. The van der Waals surface area contributed by atoms with Gasteiger partial charge in [-0.15, -0.1) is 0 Å². The number of piperazine rings is 1. The van der Waals surface area contributed by atoms with Crippen molar-refractivity contribution >= 4 is 5.91 Å². The van der Waals surface area contributed by atoms with E-state index in [1.807, 2.05) is 7.05 Å². The van der Waals surface area contributed by atoms with E-state index in [1.165, 1.54) is 12.8 Å². The van der Waals surface area contributed by atoms with Gasteiger partial charge < -0.3 is 4.90 Å². The summed E-state index contributed by atoms with van der Waals surface area (Å²) in [5.41, 5.74) is -0.119. The summed E-state index contributed by atoms with van der Waals surface area (Å²) in [4.78, 5) is 16.2. The van der Waals surface area contributed by atoms with Gasteiger partial charge in [0, 0.05) is 25.2 Å². The number of hydrogen-bond donors (Lipinski definition) is 0. The Labute approximate surface area is 96.8 Å². The molecule has 1 aliphatic heterocycles. The maximum Gasteiger partial charge on any atom is 0.241 e. The lowest BCUT2D eigenvalue weighted by molar-refractivity contribution is -0.149. The highest BCUT2D eigenvalue weighted by molar-refractivity contribution is 5.83. The van der Waals surface area contributed by atoms with Crippen LogP contribution in [0.3, 0.4) is 0 Å². The average molecular weight is 221 g/mol. The normalized spacial score (nSPS) is 30.2. The van der Waals surface area contributed by atoms with Crippen molar-refractivity contribution < 1.29 is 4.79 Å². The molecule has 0 bridgehead atoms. The average Bonchev–Trinajstić information content (AvgIpc) is 3.03. The molecular formula is C12H19N3O. The quantitative estimate of drug-likeness (QED) is 0.698. The first-order chi connectivity index (χ1) is 7.47. The van der Waals surface area contributed by atoms with Gasteiger partial charge in [-0.25, -0.2) is 0 Å². The fraction of sp³-hybridized carbons (Fsp3) is 0.833. The monoisotopic (exact) mass is 221 g/mol. The molecule has 2 aliphatic rings. The summed E-state index contributed by atoms with van der Waals surface area (Å²) in [5, 5.41) is 8.83. The minimum atomic E-state index is -0.212. The van der Waals surface area contributed by atoms with Gasteiger partial charge in [0.1, 0.15) is 6.04 Å². The Morgan fingerprint density at radius 3 is 2.62 bits per heavy atom. The molecule has 0 radical (unpaired) electrons. The van der Waals surface area contributed by atoms with Crippen molar-refractivity contribution in [2.45, 2.75) is 50.7 Å². The number of nitrogens with zero attached hydrogens (tertiary/aromatic N) is 3. The van der Waals surface area contributed by atoms with E-state index in [0.29, 0.717) is 12.5 Å². The molecule has 1 atom stereocenters. The zero-order valence-corrected chi connectivity index (χ0v) is 10.2. The Balaban J connectivity index is 2.22. The molecule has 2 fully saturated rings. The predicted octanol–water partition coefficient (Wildman–Crippen LogP) is 0.984. The van der Waals surface area contributed by atoms with Crippen LogP contribution in [0.25, 0.3) is 0 Å². The number of amides is 1. The van der Waals surface area contributed by atoms with Crippen LogP contribution < -0.4 is 0 Å². The van der Waals surface area contributed by atoms with Crippen molar-refractivity contribution in [1.29, 1.82) is 5.26 Å².